The third-order valence-electron chi connectivity index (χ3n) is 4.73. The molecule has 1 N–H and O–H groups in total. The highest BCUT2D eigenvalue weighted by molar-refractivity contribution is 5.42. The number of fused-ring (bicyclic) bond motifs is 2. The van der Waals surface area contributed by atoms with Crippen LogP contribution in [-0.2, 0) is 11.8 Å². The average molecular weight is 229 g/mol. The maximum Gasteiger partial charge on any atom is 0.00831 e. The number of hydrogen-bond acceptors (Lipinski definition) is 1. The summed E-state index contributed by atoms with van der Waals surface area (Å²) < 4.78 is 0. The molecule has 1 aliphatic carbocycles. The van der Waals surface area contributed by atoms with Crippen molar-refractivity contribution in [1.82, 2.24) is 5.32 Å². The van der Waals surface area contributed by atoms with E-state index >= 15 is 0 Å². The SMILES string of the molecule is Cc1cccc2c1C1(CCCCC1)CNCC2. The van der Waals surface area contributed by atoms with E-state index < -0.39 is 0 Å². The second-order valence-electron chi connectivity index (χ2n) is 5.88. The molecule has 92 valence electrons. The standard InChI is InChI=1S/C16H23N/c1-13-6-5-7-14-8-11-17-12-16(15(13)14)9-3-2-4-10-16/h5-7,17H,2-4,8-12H2,1H3. The first kappa shape index (κ1) is 11.3. The molecular formula is C16H23N. The van der Waals surface area contributed by atoms with Gasteiger partial charge in [-0.2, -0.15) is 0 Å². The van der Waals surface area contributed by atoms with Crippen molar-refractivity contribution in [1.29, 1.82) is 0 Å². The normalized spacial score (nSPS) is 23.1. The Morgan fingerprint density at radius 3 is 2.76 bits per heavy atom. The fraction of sp³-hybridized carbons (Fsp3) is 0.625. The third kappa shape index (κ3) is 1.91. The highest BCUT2D eigenvalue weighted by Gasteiger charge is 2.37. The van der Waals surface area contributed by atoms with E-state index in [1.54, 1.807) is 11.1 Å². The summed E-state index contributed by atoms with van der Waals surface area (Å²) >= 11 is 0. The molecule has 0 bridgehead atoms. The summed E-state index contributed by atoms with van der Waals surface area (Å²) in [6.45, 7) is 4.66. The molecule has 1 nitrogen and oxygen atoms in total. The number of benzene rings is 1. The van der Waals surface area contributed by atoms with Crippen LogP contribution in [0.25, 0.3) is 0 Å². The van der Waals surface area contributed by atoms with Crippen LogP contribution in [0.1, 0.15) is 48.8 Å². The molecule has 1 aliphatic heterocycles. The van der Waals surface area contributed by atoms with E-state index in [0.29, 0.717) is 5.41 Å². The van der Waals surface area contributed by atoms with Gasteiger partial charge in [-0.3, -0.25) is 0 Å². The van der Waals surface area contributed by atoms with Gasteiger partial charge in [0.05, 0.1) is 0 Å². The van der Waals surface area contributed by atoms with E-state index in [0.717, 1.165) is 6.54 Å². The summed E-state index contributed by atoms with van der Waals surface area (Å²) in [6, 6.07) is 6.89. The molecule has 1 fully saturated rings. The Balaban J connectivity index is 2.11. The van der Waals surface area contributed by atoms with Crippen molar-refractivity contribution in [3.05, 3.63) is 34.9 Å². The lowest BCUT2D eigenvalue weighted by molar-refractivity contribution is 0.285. The maximum absolute atomic E-state index is 3.68. The van der Waals surface area contributed by atoms with E-state index in [1.165, 1.54) is 50.6 Å². The summed E-state index contributed by atoms with van der Waals surface area (Å²) in [6.07, 6.45) is 8.24. The first-order valence-corrected chi connectivity index (χ1v) is 7.12. The predicted molar refractivity (Wildman–Crippen MR) is 72.5 cm³/mol. The van der Waals surface area contributed by atoms with E-state index in [9.17, 15) is 0 Å². The van der Waals surface area contributed by atoms with Gasteiger partial charge in [-0.1, -0.05) is 37.5 Å². The monoisotopic (exact) mass is 229 g/mol. The van der Waals surface area contributed by atoms with Crippen molar-refractivity contribution in [2.45, 2.75) is 50.9 Å². The predicted octanol–water partition coefficient (Wildman–Crippen LogP) is 3.34. The van der Waals surface area contributed by atoms with Crippen molar-refractivity contribution in [3.63, 3.8) is 0 Å². The lowest BCUT2D eigenvalue weighted by Crippen LogP contribution is -2.39. The van der Waals surface area contributed by atoms with E-state index in [4.69, 9.17) is 0 Å². The molecule has 17 heavy (non-hydrogen) atoms. The molecule has 0 saturated heterocycles. The Kier molecular flexibility index (Phi) is 2.96. The Hall–Kier alpha value is -0.820. The molecule has 0 radical (unpaired) electrons. The number of rotatable bonds is 0. The van der Waals surface area contributed by atoms with Crippen molar-refractivity contribution < 1.29 is 0 Å². The van der Waals surface area contributed by atoms with Crippen LogP contribution >= 0.6 is 0 Å². The van der Waals surface area contributed by atoms with E-state index in [-0.39, 0.29) is 0 Å². The van der Waals surface area contributed by atoms with Gasteiger partial charge in [-0.05, 0) is 49.4 Å². The van der Waals surface area contributed by atoms with Gasteiger partial charge < -0.3 is 5.32 Å². The lowest BCUT2D eigenvalue weighted by Gasteiger charge is -2.39. The summed E-state index contributed by atoms with van der Waals surface area (Å²) in [5, 5.41) is 3.68. The van der Waals surface area contributed by atoms with Crippen molar-refractivity contribution >= 4 is 0 Å². The Morgan fingerprint density at radius 2 is 1.94 bits per heavy atom. The number of nitrogens with one attached hydrogen (secondary N) is 1. The molecule has 3 rings (SSSR count). The van der Waals surface area contributed by atoms with Crippen LogP contribution in [-0.4, -0.2) is 13.1 Å². The van der Waals surface area contributed by atoms with Crippen molar-refractivity contribution in [3.8, 4) is 0 Å². The van der Waals surface area contributed by atoms with Gasteiger partial charge in [0.25, 0.3) is 0 Å². The molecule has 0 aromatic heterocycles. The van der Waals surface area contributed by atoms with Crippen molar-refractivity contribution in [2.75, 3.05) is 13.1 Å². The quantitative estimate of drug-likeness (QED) is 0.719. The van der Waals surface area contributed by atoms with Crippen LogP contribution in [0.3, 0.4) is 0 Å². The molecule has 1 heterocycles. The summed E-state index contributed by atoms with van der Waals surface area (Å²) in [4.78, 5) is 0. The maximum atomic E-state index is 3.68. The molecule has 2 aliphatic rings. The first-order chi connectivity index (χ1) is 8.32. The van der Waals surface area contributed by atoms with Crippen LogP contribution in [0.2, 0.25) is 0 Å². The van der Waals surface area contributed by atoms with Crippen molar-refractivity contribution in [2.24, 2.45) is 0 Å². The van der Waals surface area contributed by atoms with Gasteiger partial charge in [0.15, 0.2) is 0 Å². The highest BCUT2D eigenvalue weighted by Crippen LogP contribution is 2.42. The molecule has 0 atom stereocenters. The summed E-state index contributed by atoms with van der Waals surface area (Å²) in [7, 11) is 0. The molecule has 0 amide bonds. The molecule has 1 aromatic carbocycles. The Morgan fingerprint density at radius 1 is 1.12 bits per heavy atom. The second kappa shape index (κ2) is 4.45. The van der Waals surface area contributed by atoms with E-state index in [1.807, 2.05) is 0 Å². The van der Waals surface area contributed by atoms with E-state index in [2.05, 4.69) is 30.4 Å². The van der Waals surface area contributed by atoms with Crippen LogP contribution in [0.15, 0.2) is 18.2 Å². The van der Waals surface area contributed by atoms with Gasteiger partial charge >= 0.3 is 0 Å². The minimum Gasteiger partial charge on any atom is -0.316 e. The smallest absolute Gasteiger partial charge is 0.00831 e. The molecule has 1 saturated carbocycles. The zero-order valence-electron chi connectivity index (χ0n) is 10.9. The van der Waals surface area contributed by atoms with Gasteiger partial charge in [-0.25, -0.2) is 0 Å². The molecule has 0 unspecified atom stereocenters. The fourth-order valence-electron chi connectivity index (χ4n) is 3.99. The first-order valence-electron chi connectivity index (χ1n) is 7.12. The molecular weight excluding hydrogens is 206 g/mol. The zero-order chi connectivity index (χ0) is 11.7. The molecule has 1 spiro atoms. The van der Waals surface area contributed by atoms with Gasteiger partial charge in [0.1, 0.15) is 0 Å². The fourth-order valence-corrected chi connectivity index (χ4v) is 3.99. The Bertz CT molecular complexity index is 402. The van der Waals surface area contributed by atoms with Gasteiger partial charge in [0, 0.05) is 12.0 Å². The topological polar surface area (TPSA) is 12.0 Å². The highest BCUT2D eigenvalue weighted by atomic mass is 14.9. The zero-order valence-corrected chi connectivity index (χ0v) is 10.9. The molecule has 1 heteroatoms. The van der Waals surface area contributed by atoms with Gasteiger partial charge in [-0.15, -0.1) is 0 Å². The minimum absolute atomic E-state index is 0.454. The Labute approximate surface area is 105 Å². The number of hydrogen-bond donors (Lipinski definition) is 1. The van der Waals surface area contributed by atoms with Crippen LogP contribution in [0.4, 0.5) is 0 Å². The van der Waals surface area contributed by atoms with Crippen LogP contribution in [0.5, 0.6) is 0 Å². The third-order valence-corrected chi connectivity index (χ3v) is 4.73. The summed E-state index contributed by atoms with van der Waals surface area (Å²) in [5.41, 5.74) is 5.28. The molecule has 1 aromatic rings. The lowest BCUT2D eigenvalue weighted by atomic mass is 9.67. The van der Waals surface area contributed by atoms with Gasteiger partial charge in [0.2, 0.25) is 0 Å². The number of aryl methyl sites for hydroxylation is 1. The largest absolute Gasteiger partial charge is 0.316 e. The van der Waals surface area contributed by atoms with Crippen LogP contribution < -0.4 is 5.32 Å². The second-order valence-corrected chi connectivity index (χ2v) is 5.88. The van der Waals surface area contributed by atoms with Crippen LogP contribution in [0, 0.1) is 6.92 Å². The minimum atomic E-state index is 0.454. The summed E-state index contributed by atoms with van der Waals surface area (Å²) in [5.74, 6) is 0. The average Bonchev–Trinajstić information content (AvgIpc) is 2.52.